The Labute approximate surface area is 197 Å². The number of para-hydroxylation sites is 1. The summed E-state index contributed by atoms with van der Waals surface area (Å²) in [5, 5.41) is 18.3. The van der Waals surface area contributed by atoms with E-state index >= 15 is 0 Å². The smallest absolute Gasteiger partial charge is 0.418 e. The van der Waals surface area contributed by atoms with E-state index in [1.165, 1.54) is 55.8 Å². The van der Waals surface area contributed by atoms with E-state index < -0.39 is 18.0 Å². The normalized spacial score (nSPS) is 9.09. The van der Waals surface area contributed by atoms with Gasteiger partial charge in [0.15, 0.2) is 5.69 Å². The van der Waals surface area contributed by atoms with Gasteiger partial charge in [0.1, 0.15) is 17.3 Å². The lowest BCUT2D eigenvalue weighted by Crippen LogP contribution is -2.16. The fraction of sp³-hybridized carbons (Fsp3) is 0. The van der Waals surface area contributed by atoms with Crippen molar-refractivity contribution >= 4 is 57.8 Å². The predicted molar refractivity (Wildman–Crippen MR) is 123 cm³/mol. The number of ether oxygens (including phenoxy) is 1. The van der Waals surface area contributed by atoms with Gasteiger partial charge in [-0.25, -0.2) is 24.5 Å². The van der Waals surface area contributed by atoms with Gasteiger partial charge in [-0.1, -0.05) is 18.2 Å². The second-order valence-corrected chi connectivity index (χ2v) is 7.40. The number of carbonyl (C=O) groups is 3. The first-order valence-corrected chi connectivity index (χ1v) is 11.3. The fourth-order valence-electron chi connectivity index (χ4n) is 1.73. The molecule has 2 amide bonds. The van der Waals surface area contributed by atoms with Gasteiger partial charge in [-0.2, -0.15) is 0 Å². The molecule has 0 aliphatic rings. The summed E-state index contributed by atoms with van der Waals surface area (Å²) in [6, 6.07) is 8.86. The Balaban J connectivity index is 0.000000186. The molecule has 0 spiro atoms. The molecule has 0 saturated heterocycles. The highest BCUT2D eigenvalue weighted by Gasteiger charge is 2.05. The zero-order valence-electron chi connectivity index (χ0n) is 16.3. The summed E-state index contributed by atoms with van der Waals surface area (Å²) in [6.45, 7) is 0. The maximum absolute atomic E-state index is 11.3. The second-order valence-electron chi connectivity index (χ2n) is 5.25. The van der Waals surface area contributed by atoms with Crippen LogP contribution < -0.4 is 10.1 Å². The zero-order valence-corrected chi connectivity index (χ0v) is 18.8. The molecule has 0 atom stereocenters. The van der Waals surface area contributed by atoms with Crippen molar-refractivity contribution in [1.29, 1.82) is 0 Å². The van der Waals surface area contributed by atoms with Crippen molar-refractivity contribution in [2.75, 3.05) is 5.32 Å². The second kappa shape index (κ2) is 14.0. The van der Waals surface area contributed by atoms with Crippen LogP contribution in [-0.2, 0) is 0 Å². The quantitative estimate of drug-likeness (QED) is 0.217. The summed E-state index contributed by atoms with van der Waals surface area (Å²) >= 11 is 3.96. The molecule has 2 N–H and O–H groups in total. The molecule has 12 nitrogen and oxygen atoms in total. The van der Waals surface area contributed by atoms with Crippen molar-refractivity contribution in [1.82, 2.24) is 15.0 Å². The van der Waals surface area contributed by atoms with Crippen molar-refractivity contribution in [3.05, 3.63) is 84.8 Å². The molecule has 15 heteroatoms. The number of aromatic carboxylic acids is 1. The predicted octanol–water partition coefficient (Wildman–Crippen LogP) is 5.19. The number of carboxylic acid groups (broad SMARTS) is 1. The molecule has 1 aromatic carbocycles. The lowest BCUT2D eigenvalue weighted by atomic mass is 10.3. The van der Waals surface area contributed by atoms with E-state index in [-0.39, 0.29) is 11.4 Å². The van der Waals surface area contributed by atoms with E-state index in [9.17, 15) is 14.4 Å². The van der Waals surface area contributed by atoms with Gasteiger partial charge in [0.2, 0.25) is 0 Å². The maximum Gasteiger partial charge on any atom is 0.418 e. The number of benzene rings is 1. The SMILES string of the molecule is O=C(Nc1cscn1)Oc1ccccc1.O=C(O)c1cscn1.[N-]=[N+]=NC(=O)c1cscn1. The molecule has 0 fully saturated rings. The number of hydrogen-bond acceptors (Lipinski definition) is 10. The number of nitrogens with zero attached hydrogens (tertiary/aromatic N) is 6. The molecule has 0 radical (unpaired) electrons. The van der Waals surface area contributed by atoms with Gasteiger partial charge >= 0.3 is 12.1 Å². The first-order valence-electron chi connectivity index (χ1n) is 8.50. The molecule has 0 unspecified atom stereocenters. The first-order chi connectivity index (χ1) is 16.0. The highest BCUT2D eigenvalue weighted by atomic mass is 32.1. The summed E-state index contributed by atoms with van der Waals surface area (Å²) in [6.07, 6.45) is -0.535. The van der Waals surface area contributed by atoms with Gasteiger partial charge in [0.25, 0.3) is 5.91 Å². The minimum atomic E-state index is -0.966. The van der Waals surface area contributed by atoms with E-state index in [4.69, 9.17) is 15.4 Å². The lowest BCUT2D eigenvalue weighted by Gasteiger charge is -2.03. The van der Waals surface area contributed by atoms with Gasteiger partial charge in [0, 0.05) is 21.1 Å². The Morgan fingerprint density at radius 1 is 0.939 bits per heavy atom. The largest absolute Gasteiger partial charge is 0.476 e. The summed E-state index contributed by atoms with van der Waals surface area (Å²) in [5.41, 5.74) is 12.8. The van der Waals surface area contributed by atoms with E-state index in [2.05, 4.69) is 30.3 Å². The Bertz CT molecular complexity index is 1180. The van der Waals surface area contributed by atoms with Crippen LogP contribution in [-0.4, -0.2) is 38.0 Å². The molecular formula is C18H13N7O5S3. The van der Waals surface area contributed by atoms with Crippen molar-refractivity contribution in [2.45, 2.75) is 0 Å². The van der Waals surface area contributed by atoms with E-state index in [1.54, 1.807) is 35.2 Å². The summed E-state index contributed by atoms with van der Waals surface area (Å²) in [5.74, 6) is -0.596. The summed E-state index contributed by atoms with van der Waals surface area (Å²) < 4.78 is 5.00. The standard InChI is InChI=1S/C10H8N2O2S.C4H2N4OS.C4H3NO2S/c13-10(12-9-6-15-7-11-9)14-8-4-2-1-3-5-8;5-8-7-4(9)3-1-10-2-6-3;6-4(7)3-1-8-2-5-3/h1-7H,(H,12,13);1-2H;1-2H,(H,6,7). The minimum Gasteiger partial charge on any atom is -0.476 e. The molecule has 0 saturated carbocycles. The Morgan fingerprint density at radius 2 is 1.55 bits per heavy atom. The number of rotatable bonds is 4. The molecule has 168 valence electrons. The minimum absolute atomic E-state index is 0.120. The number of nitrogens with one attached hydrogen (secondary N) is 1. The van der Waals surface area contributed by atoms with Gasteiger partial charge in [-0.05, 0) is 22.8 Å². The molecule has 33 heavy (non-hydrogen) atoms. The van der Waals surface area contributed by atoms with E-state index in [1.807, 2.05) is 6.07 Å². The summed E-state index contributed by atoms with van der Waals surface area (Å²) in [4.78, 5) is 45.4. The van der Waals surface area contributed by atoms with Crippen molar-refractivity contribution in [3.8, 4) is 5.75 Å². The third kappa shape index (κ3) is 9.67. The Morgan fingerprint density at radius 3 is 2.03 bits per heavy atom. The third-order valence-electron chi connectivity index (χ3n) is 3.05. The number of anilines is 1. The van der Waals surface area contributed by atoms with Crippen LogP contribution in [0.2, 0.25) is 0 Å². The first kappa shape index (κ1) is 25.1. The average Bonchev–Trinajstić information content (AvgIpc) is 3.59. The van der Waals surface area contributed by atoms with Crippen LogP contribution in [0.4, 0.5) is 10.6 Å². The number of thiazole rings is 3. The topological polar surface area (TPSA) is 180 Å². The highest BCUT2D eigenvalue weighted by Crippen LogP contribution is 2.11. The van der Waals surface area contributed by atoms with Crippen LogP contribution in [0.5, 0.6) is 5.75 Å². The highest BCUT2D eigenvalue weighted by molar-refractivity contribution is 7.08. The summed E-state index contributed by atoms with van der Waals surface area (Å²) in [7, 11) is 0. The fourth-order valence-corrected chi connectivity index (χ4v) is 3.26. The van der Waals surface area contributed by atoms with E-state index in [0.29, 0.717) is 11.6 Å². The van der Waals surface area contributed by atoms with Crippen molar-refractivity contribution in [3.63, 3.8) is 0 Å². The number of carbonyl (C=O) groups excluding carboxylic acids is 2. The Kier molecular flexibility index (Phi) is 10.6. The average molecular weight is 504 g/mol. The molecule has 4 aromatic rings. The Hall–Kier alpha value is -4.17. The zero-order chi connectivity index (χ0) is 23.9. The van der Waals surface area contributed by atoms with Crippen molar-refractivity contribution in [2.24, 2.45) is 5.11 Å². The number of hydrogen-bond donors (Lipinski definition) is 2. The van der Waals surface area contributed by atoms with E-state index in [0.717, 1.165) is 0 Å². The molecule has 3 heterocycles. The van der Waals surface area contributed by atoms with Crippen LogP contribution >= 0.6 is 34.0 Å². The van der Waals surface area contributed by atoms with Crippen LogP contribution in [0.1, 0.15) is 21.0 Å². The van der Waals surface area contributed by atoms with Gasteiger partial charge in [-0.15, -0.1) is 34.0 Å². The van der Waals surface area contributed by atoms with Crippen LogP contribution in [0.25, 0.3) is 10.4 Å². The molecule has 0 aliphatic carbocycles. The van der Waals surface area contributed by atoms with Gasteiger partial charge in [-0.3, -0.25) is 10.1 Å². The maximum atomic E-state index is 11.3. The lowest BCUT2D eigenvalue weighted by molar-refractivity contribution is 0.0691. The van der Waals surface area contributed by atoms with Gasteiger partial charge < -0.3 is 9.84 Å². The monoisotopic (exact) mass is 503 g/mol. The molecule has 3 aromatic heterocycles. The number of amides is 2. The van der Waals surface area contributed by atoms with Crippen molar-refractivity contribution < 1.29 is 24.2 Å². The molecule has 0 bridgehead atoms. The van der Waals surface area contributed by atoms with Gasteiger partial charge in [0.05, 0.1) is 16.5 Å². The number of azide groups is 1. The number of carboxylic acids is 1. The van der Waals surface area contributed by atoms with Crippen LogP contribution in [0.3, 0.4) is 0 Å². The van der Waals surface area contributed by atoms with Crippen LogP contribution in [0.15, 0.2) is 68.1 Å². The third-order valence-corrected chi connectivity index (χ3v) is 4.81. The molecule has 4 rings (SSSR count). The molecular weight excluding hydrogens is 490 g/mol. The molecule has 0 aliphatic heterocycles. The number of aromatic nitrogens is 3. The van der Waals surface area contributed by atoms with Crippen LogP contribution in [0, 0.1) is 0 Å².